The van der Waals surface area contributed by atoms with Crippen molar-refractivity contribution in [2.24, 2.45) is 5.73 Å². The Hall–Kier alpha value is -1.31. The van der Waals surface area contributed by atoms with E-state index in [0.29, 0.717) is 11.4 Å². The third-order valence-electron chi connectivity index (χ3n) is 2.35. The van der Waals surface area contributed by atoms with Crippen LogP contribution in [0.1, 0.15) is 13.3 Å². The SMILES string of the molecule is CC(N)CC(=O)Nc1cccc(OCCS(C)(=O)=O)c1.Cl. The van der Waals surface area contributed by atoms with E-state index in [1.165, 1.54) is 0 Å². The van der Waals surface area contributed by atoms with Crippen molar-refractivity contribution in [3.63, 3.8) is 0 Å². The Morgan fingerprint density at radius 2 is 2.10 bits per heavy atom. The second kappa shape index (κ2) is 8.86. The third kappa shape index (κ3) is 9.28. The zero-order valence-corrected chi connectivity index (χ0v) is 13.7. The van der Waals surface area contributed by atoms with Gasteiger partial charge in [0, 0.05) is 30.5 Å². The fourth-order valence-electron chi connectivity index (χ4n) is 1.48. The molecule has 0 saturated heterocycles. The number of carbonyl (C=O) groups is 1. The molecule has 1 unspecified atom stereocenters. The lowest BCUT2D eigenvalue weighted by molar-refractivity contribution is -0.116. The molecule has 1 aromatic carbocycles. The van der Waals surface area contributed by atoms with Crippen LogP contribution < -0.4 is 15.8 Å². The molecule has 0 bridgehead atoms. The Kier molecular flexibility index (Phi) is 8.31. The average molecular weight is 337 g/mol. The highest BCUT2D eigenvalue weighted by atomic mass is 35.5. The molecule has 0 spiro atoms. The van der Waals surface area contributed by atoms with E-state index in [1.54, 1.807) is 31.2 Å². The monoisotopic (exact) mass is 336 g/mol. The van der Waals surface area contributed by atoms with Crippen molar-refractivity contribution in [1.82, 2.24) is 0 Å². The fourth-order valence-corrected chi connectivity index (χ4v) is 1.87. The summed E-state index contributed by atoms with van der Waals surface area (Å²) >= 11 is 0. The number of hydrogen-bond donors (Lipinski definition) is 2. The summed E-state index contributed by atoms with van der Waals surface area (Å²) in [5, 5.41) is 2.70. The Labute approximate surface area is 131 Å². The Bertz CT molecular complexity index is 561. The average Bonchev–Trinajstić information content (AvgIpc) is 2.26. The molecule has 8 heteroatoms. The molecule has 0 radical (unpaired) electrons. The number of anilines is 1. The number of carbonyl (C=O) groups excluding carboxylic acids is 1. The van der Waals surface area contributed by atoms with E-state index >= 15 is 0 Å². The zero-order valence-electron chi connectivity index (χ0n) is 12.0. The molecule has 0 aliphatic heterocycles. The van der Waals surface area contributed by atoms with Gasteiger partial charge < -0.3 is 15.8 Å². The van der Waals surface area contributed by atoms with Crippen molar-refractivity contribution in [2.75, 3.05) is 23.9 Å². The van der Waals surface area contributed by atoms with Gasteiger partial charge in [0.1, 0.15) is 12.4 Å². The van der Waals surface area contributed by atoms with Gasteiger partial charge in [0.2, 0.25) is 5.91 Å². The highest BCUT2D eigenvalue weighted by molar-refractivity contribution is 7.90. The van der Waals surface area contributed by atoms with Gasteiger partial charge in [0.05, 0.1) is 5.75 Å². The van der Waals surface area contributed by atoms with Crippen molar-refractivity contribution < 1.29 is 17.9 Å². The molecule has 0 heterocycles. The summed E-state index contributed by atoms with van der Waals surface area (Å²) in [5.41, 5.74) is 6.13. The van der Waals surface area contributed by atoms with Crippen molar-refractivity contribution in [2.45, 2.75) is 19.4 Å². The molecule has 0 aliphatic rings. The van der Waals surface area contributed by atoms with E-state index < -0.39 is 9.84 Å². The van der Waals surface area contributed by atoms with Gasteiger partial charge in [-0.05, 0) is 19.1 Å². The van der Waals surface area contributed by atoms with Crippen LogP contribution in [0, 0.1) is 0 Å². The molecule has 6 nitrogen and oxygen atoms in total. The molecule has 0 saturated carbocycles. The van der Waals surface area contributed by atoms with Crippen molar-refractivity contribution in [3.8, 4) is 5.75 Å². The number of nitrogens with one attached hydrogen (secondary N) is 1. The van der Waals surface area contributed by atoms with Crippen LogP contribution in [0.3, 0.4) is 0 Å². The predicted octanol–water partition coefficient (Wildman–Crippen LogP) is 1.21. The number of hydrogen-bond acceptors (Lipinski definition) is 5. The quantitative estimate of drug-likeness (QED) is 0.779. The van der Waals surface area contributed by atoms with Crippen LogP contribution in [0.2, 0.25) is 0 Å². The Morgan fingerprint density at radius 1 is 1.43 bits per heavy atom. The van der Waals surface area contributed by atoms with Crippen LogP contribution in [0.15, 0.2) is 24.3 Å². The van der Waals surface area contributed by atoms with Crippen LogP contribution in [0.25, 0.3) is 0 Å². The van der Waals surface area contributed by atoms with E-state index in [1.807, 2.05) is 0 Å². The first-order valence-corrected chi connectivity index (χ1v) is 8.28. The van der Waals surface area contributed by atoms with E-state index in [2.05, 4.69) is 5.32 Å². The number of amides is 1. The highest BCUT2D eigenvalue weighted by Crippen LogP contribution is 2.17. The summed E-state index contributed by atoms with van der Waals surface area (Å²) in [4.78, 5) is 11.6. The maximum absolute atomic E-state index is 11.6. The standard InChI is InChI=1S/C13H20N2O4S.ClH/c1-10(14)8-13(16)15-11-4-3-5-12(9-11)19-6-7-20(2,17)18;/h3-5,9-10H,6-8,14H2,1-2H3,(H,15,16);1H. The first-order chi connectivity index (χ1) is 9.26. The van der Waals surface area contributed by atoms with Gasteiger partial charge in [-0.3, -0.25) is 4.79 Å². The van der Waals surface area contributed by atoms with Crippen molar-refractivity contribution in [3.05, 3.63) is 24.3 Å². The summed E-state index contributed by atoms with van der Waals surface area (Å²) in [6, 6.07) is 6.58. The van der Waals surface area contributed by atoms with Crippen molar-refractivity contribution >= 4 is 33.8 Å². The minimum absolute atomic E-state index is 0. The molecule has 1 rings (SSSR count). The molecular weight excluding hydrogens is 316 g/mol. The number of benzene rings is 1. The van der Waals surface area contributed by atoms with Gasteiger partial charge in [0.25, 0.3) is 0 Å². The van der Waals surface area contributed by atoms with E-state index in [4.69, 9.17) is 10.5 Å². The molecule has 1 atom stereocenters. The second-order valence-corrected chi connectivity index (χ2v) is 7.00. The van der Waals surface area contributed by atoms with Crippen LogP contribution in [0.4, 0.5) is 5.69 Å². The van der Waals surface area contributed by atoms with Crippen LogP contribution in [-0.2, 0) is 14.6 Å². The summed E-state index contributed by atoms with van der Waals surface area (Å²) in [6.45, 7) is 1.83. The fraction of sp³-hybridized carbons (Fsp3) is 0.462. The molecule has 21 heavy (non-hydrogen) atoms. The number of halogens is 1. The molecule has 3 N–H and O–H groups in total. The summed E-state index contributed by atoms with van der Waals surface area (Å²) in [7, 11) is -3.05. The van der Waals surface area contributed by atoms with Crippen molar-refractivity contribution in [1.29, 1.82) is 0 Å². The lowest BCUT2D eigenvalue weighted by Crippen LogP contribution is -2.23. The third-order valence-corrected chi connectivity index (χ3v) is 3.26. The van der Waals surface area contributed by atoms with Gasteiger partial charge in [-0.1, -0.05) is 6.07 Å². The highest BCUT2D eigenvalue weighted by Gasteiger charge is 2.07. The number of nitrogens with two attached hydrogens (primary N) is 1. The predicted molar refractivity (Wildman–Crippen MR) is 85.8 cm³/mol. The minimum Gasteiger partial charge on any atom is -0.492 e. The molecule has 1 amide bonds. The number of sulfone groups is 1. The second-order valence-electron chi connectivity index (χ2n) is 4.74. The molecule has 0 aromatic heterocycles. The molecule has 0 fully saturated rings. The van der Waals surface area contributed by atoms with Crippen LogP contribution >= 0.6 is 12.4 Å². The van der Waals surface area contributed by atoms with E-state index in [0.717, 1.165) is 6.26 Å². The molecule has 1 aromatic rings. The van der Waals surface area contributed by atoms with Gasteiger partial charge in [0.15, 0.2) is 9.84 Å². The van der Waals surface area contributed by atoms with Gasteiger partial charge in [-0.25, -0.2) is 8.42 Å². The maximum atomic E-state index is 11.6. The Balaban J connectivity index is 0.00000400. The summed E-state index contributed by atoms with van der Waals surface area (Å²) < 4.78 is 27.3. The number of ether oxygens (including phenoxy) is 1. The maximum Gasteiger partial charge on any atom is 0.225 e. The first-order valence-electron chi connectivity index (χ1n) is 6.22. The van der Waals surface area contributed by atoms with Gasteiger partial charge >= 0.3 is 0 Å². The number of rotatable bonds is 7. The van der Waals surface area contributed by atoms with Gasteiger partial charge in [-0.2, -0.15) is 0 Å². The van der Waals surface area contributed by atoms with Crippen LogP contribution in [0.5, 0.6) is 5.75 Å². The van der Waals surface area contributed by atoms with Gasteiger partial charge in [-0.15, -0.1) is 12.4 Å². The Morgan fingerprint density at radius 3 is 2.67 bits per heavy atom. The zero-order chi connectivity index (χ0) is 15.2. The van der Waals surface area contributed by atoms with Crippen LogP contribution in [-0.4, -0.2) is 39.0 Å². The lowest BCUT2D eigenvalue weighted by atomic mass is 10.2. The summed E-state index contributed by atoms with van der Waals surface area (Å²) in [5.74, 6) is 0.286. The van der Waals surface area contributed by atoms with E-state index in [-0.39, 0.29) is 43.1 Å². The topological polar surface area (TPSA) is 98.5 Å². The minimum atomic E-state index is -3.05. The first kappa shape index (κ1) is 19.7. The molecule has 120 valence electrons. The summed E-state index contributed by atoms with van der Waals surface area (Å²) in [6.07, 6.45) is 1.39. The molecule has 0 aliphatic carbocycles. The van der Waals surface area contributed by atoms with E-state index in [9.17, 15) is 13.2 Å². The molecular formula is C13H21ClN2O4S. The smallest absolute Gasteiger partial charge is 0.225 e. The normalized spacial score (nSPS) is 12.1. The largest absolute Gasteiger partial charge is 0.492 e. The lowest BCUT2D eigenvalue weighted by Gasteiger charge is -2.10.